The van der Waals surface area contributed by atoms with Gasteiger partial charge in [-0.1, -0.05) is 11.6 Å². The van der Waals surface area contributed by atoms with E-state index < -0.39 is 5.82 Å². The van der Waals surface area contributed by atoms with Gasteiger partial charge in [0.05, 0.1) is 19.7 Å². The summed E-state index contributed by atoms with van der Waals surface area (Å²) in [5.74, 6) is -0.405. The molecule has 0 spiro atoms. The Bertz CT molecular complexity index is 507. The molecule has 1 aromatic heterocycles. The molecule has 20 heavy (non-hydrogen) atoms. The zero-order valence-corrected chi connectivity index (χ0v) is 12.2. The third kappa shape index (κ3) is 3.19. The third-order valence-electron chi connectivity index (χ3n) is 3.31. The second-order valence-corrected chi connectivity index (χ2v) is 5.13. The van der Waals surface area contributed by atoms with E-state index in [4.69, 9.17) is 16.3 Å². The highest BCUT2D eigenvalue weighted by Gasteiger charge is 2.25. The quantitative estimate of drug-likeness (QED) is 0.858. The molecule has 1 atom stereocenters. The van der Waals surface area contributed by atoms with Crippen LogP contribution in [0.4, 0.5) is 4.39 Å². The zero-order chi connectivity index (χ0) is 14.7. The Morgan fingerprint density at radius 1 is 1.70 bits per heavy atom. The van der Waals surface area contributed by atoms with Gasteiger partial charge in [-0.15, -0.1) is 0 Å². The number of aromatic nitrogens is 1. The highest BCUT2D eigenvalue weighted by atomic mass is 35.5. The first-order valence-corrected chi connectivity index (χ1v) is 6.78. The van der Waals surface area contributed by atoms with Crippen molar-refractivity contribution < 1.29 is 13.9 Å². The van der Waals surface area contributed by atoms with Crippen molar-refractivity contribution >= 4 is 17.5 Å². The minimum atomic E-state index is -0.623. The van der Waals surface area contributed by atoms with Crippen LogP contribution in [0, 0.1) is 5.82 Å². The van der Waals surface area contributed by atoms with E-state index in [1.165, 1.54) is 18.1 Å². The number of pyridine rings is 1. The Labute approximate surface area is 122 Å². The molecule has 0 unspecified atom stereocenters. The van der Waals surface area contributed by atoms with Crippen molar-refractivity contribution in [3.05, 3.63) is 22.6 Å². The summed E-state index contributed by atoms with van der Waals surface area (Å²) in [5.41, 5.74) is 0.489. The molecule has 0 radical (unpaired) electrons. The number of nitrogens with one attached hydrogen (secondary N) is 1. The average Bonchev–Trinajstić information content (AvgIpc) is 2.95. The molecule has 0 bridgehead atoms. The summed E-state index contributed by atoms with van der Waals surface area (Å²) in [5, 5.41) is 2.90. The van der Waals surface area contributed by atoms with Gasteiger partial charge >= 0.3 is 0 Å². The molecule has 2 heterocycles. The lowest BCUT2D eigenvalue weighted by atomic mass is 10.2. The lowest BCUT2D eigenvalue weighted by Crippen LogP contribution is -2.41. The van der Waals surface area contributed by atoms with Crippen LogP contribution in [0.15, 0.2) is 6.07 Å². The Morgan fingerprint density at radius 3 is 3.05 bits per heavy atom. The normalized spacial score (nSPS) is 18.1. The Kier molecular flexibility index (Phi) is 4.77. The van der Waals surface area contributed by atoms with Gasteiger partial charge in [0.2, 0.25) is 11.8 Å². The fourth-order valence-corrected chi connectivity index (χ4v) is 2.40. The van der Waals surface area contributed by atoms with Crippen LogP contribution in [0.2, 0.25) is 5.15 Å². The van der Waals surface area contributed by atoms with Crippen LogP contribution >= 0.6 is 11.6 Å². The summed E-state index contributed by atoms with van der Waals surface area (Å²) >= 11 is 5.61. The number of hydrogen-bond donors (Lipinski definition) is 1. The minimum absolute atomic E-state index is 0.0140. The zero-order valence-electron chi connectivity index (χ0n) is 11.4. The van der Waals surface area contributed by atoms with Crippen molar-refractivity contribution in [3.63, 3.8) is 0 Å². The van der Waals surface area contributed by atoms with Gasteiger partial charge < -0.3 is 15.0 Å². The number of carbonyl (C=O) groups is 1. The van der Waals surface area contributed by atoms with E-state index in [1.807, 2.05) is 0 Å². The van der Waals surface area contributed by atoms with E-state index in [2.05, 4.69) is 10.3 Å². The van der Waals surface area contributed by atoms with Crippen molar-refractivity contribution in [1.82, 2.24) is 15.2 Å². The largest absolute Gasteiger partial charge is 0.481 e. The molecule has 0 aromatic carbocycles. The molecule has 0 aliphatic carbocycles. The molecule has 0 saturated carbocycles. The maximum Gasteiger partial charge on any atom is 0.239 e. The van der Waals surface area contributed by atoms with Gasteiger partial charge in [0.1, 0.15) is 0 Å². The molecule has 1 amide bonds. The topological polar surface area (TPSA) is 54.5 Å². The number of hydrogen-bond acceptors (Lipinski definition) is 4. The first-order chi connectivity index (χ1) is 9.52. The van der Waals surface area contributed by atoms with E-state index in [0.29, 0.717) is 5.56 Å². The first-order valence-electron chi connectivity index (χ1n) is 6.40. The molecule has 2 rings (SSSR count). The molecular weight excluding hydrogens is 285 g/mol. The van der Waals surface area contributed by atoms with E-state index in [9.17, 15) is 9.18 Å². The smallest absolute Gasteiger partial charge is 0.239 e. The molecule has 7 heteroatoms. The highest BCUT2D eigenvalue weighted by molar-refractivity contribution is 6.29. The van der Waals surface area contributed by atoms with E-state index in [0.717, 1.165) is 19.4 Å². The molecule has 1 saturated heterocycles. The van der Waals surface area contributed by atoms with Crippen LogP contribution in [0.1, 0.15) is 18.4 Å². The summed E-state index contributed by atoms with van der Waals surface area (Å²) in [6.45, 7) is 1.08. The minimum Gasteiger partial charge on any atom is -0.481 e. The number of amides is 1. The van der Waals surface area contributed by atoms with Gasteiger partial charge in [-0.05, 0) is 25.5 Å². The lowest BCUT2D eigenvalue weighted by molar-refractivity contribution is -0.132. The second-order valence-electron chi connectivity index (χ2n) is 4.77. The SMILES string of the molecule is COc1nc(Cl)c(F)cc1CN(C)C(=O)[C@@H]1CCCN1. The number of nitrogens with zero attached hydrogens (tertiary/aromatic N) is 2. The third-order valence-corrected chi connectivity index (χ3v) is 3.57. The average molecular weight is 302 g/mol. The van der Waals surface area contributed by atoms with Crippen LogP contribution in [-0.2, 0) is 11.3 Å². The number of carbonyl (C=O) groups excluding carboxylic acids is 1. The summed E-state index contributed by atoms with van der Waals surface area (Å²) in [4.78, 5) is 17.5. The fraction of sp³-hybridized carbons (Fsp3) is 0.538. The summed E-state index contributed by atoms with van der Waals surface area (Å²) in [6, 6.07) is 1.09. The van der Waals surface area contributed by atoms with Crippen LogP contribution < -0.4 is 10.1 Å². The van der Waals surface area contributed by atoms with E-state index in [-0.39, 0.29) is 29.5 Å². The standard InChI is InChI=1S/C13H17ClFN3O2/c1-18(13(19)10-4-3-5-16-10)7-8-6-9(15)11(14)17-12(8)20-2/h6,10,16H,3-5,7H2,1-2H3/t10-/m0/s1. The summed E-state index contributed by atoms with van der Waals surface area (Å²) in [7, 11) is 3.11. The predicted octanol–water partition coefficient (Wildman–Crippen LogP) is 1.59. The van der Waals surface area contributed by atoms with Gasteiger partial charge in [-0.2, -0.15) is 4.98 Å². The van der Waals surface area contributed by atoms with E-state index in [1.54, 1.807) is 7.05 Å². The maximum atomic E-state index is 13.5. The monoisotopic (exact) mass is 301 g/mol. The predicted molar refractivity (Wildman–Crippen MR) is 73.3 cm³/mol. The molecule has 110 valence electrons. The van der Waals surface area contributed by atoms with E-state index >= 15 is 0 Å². The van der Waals surface area contributed by atoms with Crippen molar-refractivity contribution in [2.24, 2.45) is 0 Å². The number of likely N-dealkylation sites (N-methyl/N-ethyl adjacent to an activating group) is 1. The van der Waals surface area contributed by atoms with Gasteiger partial charge in [0.25, 0.3) is 0 Å². The van der Waals surface area contributed by atoms with Crippen molar-refractivity contribution in [3.8, 4) is 5.88 Å². The van der Waals surface area contributed by atoms with Crippen LogP contribution in [-0.4, -0.2) is 42.5 Å². The Hall–Kier alpha value is -1.40. The Balaban J connectivity index is 2.12. The molecule has 1 N–H and O–H groups in total. The lowest BCUT2D eigenvalue weighted by Gasteiger charge is -2.22. The van der Waals surface area contributed by atoms with Gasteiger partial charge in [0.15, 0.2) is 11.0 Å². The molecular formula is C13H17ClFN3O2. The fourth-order valence-electron chi connectivity index (χ4n) is 2.27. The first kappa shape index (κ1) is 15.0. The summed E-state index contributed by atoms with van der Waals surface area (Å²) in [6.07, 6.45) is 1.82. The van der Waals surface area contributed by atoms with Crippen LogP contribution in [0.25, 0.3) is 0 Å². The number of rotatable bonds is 4. The van der Waals surface area contributed by atoms with Gasteiger partial charge in [-0.25, -0.2) is 4.39 Å². The Morgan fingerprint density at radius 2 is 2.45 bits per heavy atom. The summed E-state index contributed by atoms with van der Waals surface area (Å²) < 4.78 is 18.6. The molecule has 1 aromatic rings. The van der Waals surface area contributed by atoms with Crippen molar-refractivity contribution in [1.29, 1.82) is 0 Å². The van der Waals surface area contributed by atoms with Crippen LogP contribution in [0.3, 0.4) is 0 Å². The van der Waals surface area contributed by atoms with Gasteiger partial charge in [0, 0.05) is 12.6 Å². The number of ether oxygens (including phenoxy) is 1. The van der Waals surface area contributed by atoms with Crippen molar-refractivity contribution in [2.75, 3.05) is 20.7 Å². The van der Waals surface area contributed by atoms with Crippen molar-refractivity contribution in [2.45, 2.75) is 25.4 Å². The number of halogens is 2. The molecule has 5 nitrogen and oxygen atoms in total. The number of methoxy groups -OCH3 is 1. The van der Waals surface area contributed by atoms with Gasteiger partial charge in [-0.3, -0.25) is 4.79 Å². The molecule has 1 aliphatic heterocycles. The van der Waals surface area contributed by atoms with Crippen LogP contribution in [0.5, 0.6) is 5.88 Å². The molecule has 1 aliphatic rings. The second kappa shape index (κ2) is 6.37. The maximum absolute atomic E-state index is 13.5. The highest BCUT2D eigenvalue weighted by Crippen LogP contribution is 2.23. The molecule has 1 fully saturated rings.